The average molecular weight is 267 g/mol. The average Bonchev–Trinajstić information content (AvgIpc) is 2.92. The van der Waals surface area contributed by atoms with Crippen molar-refractivity contribution in [3.63, 3.8) is 0 Å². The molecule has 2 aliphatic heterocycles. The fraction of sp³-hybridized carbons (Fsp3) is 0.474. The van der Waals surface area contributed by atoms with Crippen molar-refractivity contribution in [2.24, 2.45) is 0 Å². The van der Waals surface area contributed by atoms with E-state index in [1.807, 2.05) is 0 Å². The summed E-state index contributed by atoms with van der Waals surface area (Å²) in [7, 11) is 0. The Kier molecular flexibility index (Phi) is 3.24. The third-order valence-electron chi connectivity index (χ3n) is 5.41. The lowest BCUT2D eigenvalue weighted by Crippen LogP contribution is -2.21. The summed E-state index contributed by atoms with van der Waals surface area (Å²) in [5.41, 5.74) is 11.8. The van der Waals surface area contributed by atoms with Crippen LogP contribution in [-0.2, 0) is 0 Å². The molecular weight excluding hydrogens is 242 g/mol. The predicted molar refractivity (Wildman–Crippen MR) is 87.0 cm³/mol. The quantitative estimate of drug-likeness (QED) is 0.718. The van der Waals surface area contributed by atoms with Crippen LogP contribution < -0.4 is 0 Å². The molecule has 0 spiro atoms. The molecule has 1 aromatic carbocycles. The Morgan fingerprint density at radius 2 is 1.45 bits per heavy atom. The molecule has 3 rings (SSSR count). The third-order valence-corrected chi connectivity index (χ3v) is 5.41. The van der Waals surface area contributed by atoms with Crippen LogP contribution in [0.15, 0.2) is 17.8 Å². The summed E-state index contributed by atoms with van der Waals surface area (Å²) in [6.45, 7) is 13.7. The van der Waals surface area contributed by atoms with Gasteiger partial charge in [0.15, 0.2) is 0 Å². The van der Waals surface area contributed by atoms with Crippen molar-refractivity contribution >= 4 is 5.57 Å². The summed E-state index contributed by atoms with van der Waals surface area (Å²) >= 11 is 0. The van der Waals surface area contributed by atoms with Gasteiger partial charge in [-0.05, 0) is 80.8 Å². The minimum absolute atomic E-state index is 1.10. The first-order valence-corrected chi connectivity index (χ1v) is 7.74. The van der Waals surface area contributed by atoms with E-state index in [0.29, 0.717) is 0 Å². The zero-order valence-electron chi connectivity index (χ0n) is 13.4. The second kappa shape index (κ2) is 4.80. The highest BCUT2D eigenvalue weighted by molar-refractivity contribution is 5.82. The molecule has 1 fully saturated rings. The Hall–Kier alpha value is -1.50. The molecular formula is C19H25N. The minimum atomic E-state index is 1.10. The summed E-state index contributed by atoms with van der Waals surface area (Å²) in [6, 6.07) is 0. The summed E-state index contributed by atoms with van der Waals surface area (Å²) < 4.78 is 0. The van der Waals surface area contributed by atoms with Gasteiger partial charge in [0.2, 0.25) is 0 Å². The lowest BCUT2D eigenvalue weighted by atomic mass is 9.84. The molecule has 0 N–H and O–H groups in total. The number of rotatable bonds is 1. The molecule has 106 valence electrons. The van der Waals surface area contributed by atoms with E-state index in [0.717, 1.165) is 6.54 Å². The third kappa shape index (κ3) is 1.83. The van der Waals surface area contributed by atoms with Gasteiger partial charge in [0.1, 0.15) is 0 Å². The number of hydrogen-bond acceptors (Lipinski definition) is 1. The van der Waals surface area contributed by atoms with Crippen molar-refractivity contribution < 1.29 is 0 Å². The molecule has 0 saturated carbocycles. The van der Waals surface area contributed by atoms with Crippen molar-refractivity contribution in [1.82, 2.24) is 4.90 Å². The van der Waals surface area contributed by atoms with E-state index < -0.39 is 0 Å². The normalized spacial score (nSPS) is 17.9. The first-order chi connectivity index (χ1) is 9.52. The van der Waals surface area contributed by atoms with Crippen LogP contribution in [0.1, 0.15) is 46.2 Å². The summed E-state index contributed by atoms with van der Waals surface area (Å²) in [6.07, 6.45) is 7.24. The SMILES string of the molecule is Cc1c(C)c(C)c(C2=C3CCCN3CC=C2)c(C)c1C. The molecule has 1 saturated heterocycles. The standard InChI is InChI=1S/C19H25N/c1-12-13(2)15(4)19(16(5)14(12)3)17-8-6-10-20-11-7-9-18(17)20/h6,8H,7,9-11H2,1-5H3. The molecule has 0 atom stereocenters. The highest BCUT2D eigenvalue weighted by Crippen LogP contribution is 2.38. The maximum Gasteiger partial charge on any atom is 0.0360 e. The van der Waals surface area contributed by atoms with Gasteiger partial charge < -0.3 is 4.90 Å². The number of allylic oxidation sites excluding steroid dienone is 3. The molecule has 20 heavy (non-hydrogen) atoms. The Bertz CT molecular complexity index is 603. The first kappa shape index (κ1) is 13.5. The van der Waals surface area contributed by atoms with Gasteiger partial charge in [-0.1, -0.05) is 12.2 Å². The van der Waals surface area contributed by atoms with Gasteiger partial charge in [-0.15, -0.1) is 0 Å². The summed E-state index contributed by atoms with van der Waals surface area (Å²) in [5, 5.41) is 0. The largest absolute Gasteiger partial charge is 0.371 e. The van der Waals surface area contributed by atoms with Crippen LogP contribution >= 0.6 is 0 Å². The van der Waals surface area contributed by atoms with Crippen LogP contribution in [-0.4, -0.2) is 18.0 Å². The fourth-order valence-corrected chi connectivity index (χ4v) is 3.76. The predicted octanol–water partition coefficient (Wildman–Crippen LogP) is 4.61. The van der Waals surface area contributed by atoms with E-state index in [9.17, 15) is 0 Å². The van der Waals surface area contributed by atoms with Crippen LogP contribution in [0.5, 0.6) is 0 Å². The van der Waals surface area contributed by atoms with Gasteiger partial charge in [0.25, 0.3) is 0 Å². The molecule has 0 radical (unpaired) electrons. The van der Waals surface area contributed by atoms with Crippen LogP contribution in [0.2, 0.25) is 0 Å². The highest BCUT2D eigenvalue weighted by atomic mass is 15.2. The Morgan fingerprint density at radius 1 is 0.850 bits per heavy atom. The Balaban J connectivity index is 2.28. The number of fused-ring (bicyclic) bond motifs is 1. The van der Waals surface area contributed by atoms with Crippen molar-refractivity contribution in [2.45, 2.75) is 47.5 Å². The lowest BCUT2D eigenvalue weighted by Gasteiger charge is -2.27. The Labute approximate surface area is 123 Å². The number of hydrogen-bond donors (Lipinski definition) is 0. The zero-order valence-corrected chi connectivity index (χ0v) is 13.4. The summed E-state index contributed by atoms with van der Waals surface area (Å²) in [4.78, 5) is 2.55. The molecule has 0 amide bonds. The molecule has 0 aliphatic carbocycles. The molecule has 1 nitrogen and oxygen atoms in total. The smallest absolute Gasteiger partial charge is 0.0360 e. The van der Waals surface area contributed by atoms with E-state index >= 15 is 0 Å². The van der Waals surface area contributed by atoms with E-state index in [-0.39, 0.29) is 0 Å². The van der Waals surface area contributed by atoms with Crippen molar-refractivity contribution in [1.29, 1.82) is 0 Å². The summed E-state index contributed by atoms with van der Waals surface area (Å²) in [5.74, 6) is 0. The number of nitrogens with zero attached hydrogens (tertiary/aromatic N) is 1. The van der Waals surface area contributed by atoms with Crippen molar-refractivity contribution in [3.05, 3.63) is 51.2 Å². The number of benzene rings is 1. The topological polar surface area (TPSA) is 3.24 Å². The molecule has 0 unspecified atom stereocenters. The van der Waals surface area contributed by atoms with Gasteiger partial charge in [0.05, 0.1) is 0 Å². The van der Waals surface area contributed by atoms with Gasteiger partial charge in [0, 0.05) is 24.4 Å². The van der Waals surface area contributed by atoms with Crippen LogP contribution in [0.4, 0.5) is 0 Å². The molecule has 1 heteroatoms. The van der Waals surface area contributed by atoms with Crippen molar-refractivity contribution in [3.8, 4) is 0 Å². The van der Waals surface area contributed by atoms with E-state index in [1.165, 1.54) is 58.3 Å². The minimum Gasteiger partial charge on any atom is -0.371 e. The van der Waals surface area contributed by atoms with E-state index in [1.54, 1.807) is 5.70 Å². The Morgan fingerprint density at radius 3 is 2.10 bits per heavy atom. The van der Waals surface area contributed by atoms with Crippen molar-refractivity contribution in [2.75, 3.05) is 13.1 Å². The molecule has 2 aliphatic rings. The zero-order chi connectivity index (χ0) is 14.4. The molecule has 1 aromatic rings. The van der Waals surface area contributed by atoms with E-state index in [2.05, 4.69) is 51.7 Å². The van der Waals surface area contributed by atoms with Gasteiger partial charge in [-0.3, -0.25) is 0 Å². The van der Waals surface area contributed by atoms with Crippen LogP contribution in [0.3, 0.4) is 0 Å². The molecule has 2 heterocycles. The van der Waals surface area contributed by atoms with Gasteiger partial charge in [-0.2, -0.15) is 0 Å². The van der Waals surface area contributed by atoms with Gasteiger partial charge >= 0.3 is 0 Å². The monoisotopic (exact) mass is 267 g/mol. The fourth-order valence-electron chi connectivity index (χ4n) is 3.76. The lowest BCUT2D eigenvalue weighted by molar-refractivity contribution is 0.434. The highest BCUT2D eigenvalue weighted by Gasteiger charge is 2.25. The second-order valence-electron chi connectivity index (χ2n) is 6.31. The first-order valence-electron chi connectivity index (χ1n) is 7.74. The molecule has 0 bridgehead atoms. The van der Waals surface area contributed by atoms with Crippen LogP contribution in [0.25, 0.3) is 5.57 Å². The maximum absolute atomic E-state index is 2.55. The van der Waals surface area contributed by atoms with Crippen LogP contribution in [0, 0.1) is 34.6 Å². The van der Waals surface area contributed by atoms with E-state index in [4.69, 9.17) is 0 Å². The molecule has 0 aromatic heterocycles. The van der Waals surface area contributed by atoms with Gasteiger partial charge in [-0.25, -0.2) is 0 Å². The maximum atomic E-state index is 2.55. The second-order valence-corrected chi connectivity index (χ2v) is 6.31.